The highest BCUT2D eigenvalue weighted by molar-refractivity contribution is 5.82. The molecule has 0 aromatic carbocycles. The van der Waals surface area contributed by atoms with Crippen molar-refractivity contribution in [3.8, 4) is 11.3 Å². The topological polar surface area (TPSA) is 75.9 Å². The number of hydrogen-bond acceptors (Lipinski definition) is 5. The smallest absolute Gasteiger partial charge is 0.159 e. The minimum absolute atomic E-state index is 0.0365. The van der Waals surface area contributed by atoms with Crippen LogP contribution in [0, 0.1) is 13.8 Å². The number of hydrogen-bond donors (Lipinski definition) is 2. The molecule has 138 valence electrons. The third-order valence-electron chi connectivity index (χ3n) is 4.74. The fourth-order valence-corrected chi connectivity index (χ4v) is 3.14. The van der Waals surface area contributed by atoms with E-state index >= 15 is 0 Å². The van der Waals surface area contributed by atoms with Crippen molar-refractivity contribution in [3.05, 3.63) is 35.3 Å². The van der Waals surface area contributed by atoms with Crippen molar-refractivity contribution in [1.82, 2.24) is 19.5 Å². The predicted octanol–water partition coefficient (Wildman–Crippen LogP) is 3.83. The number of pyridine rings is 1. The van der Waals surface area contributed by atoms with Crippen LogP contribution in [0.4, 0.5) is 5.82 Å². The van der Waals surface area contributed by atoms with E-state index in [-0.39, 0.29) is 12.6 Å². The molecule has 3 rings (SSSR count). The largest absolute Gasteiger partial charge is 0.394 e. The summed E-state index contributed by atoms with van der Waals surface area (Å²) >= 11 is 0. The number of nitrogens with zero attached hydrogens (tertiary/aromatic N) is 4. The van der Waals surface area contributed by atoms with E-state index in [0.717, 1.165) is 45.2 Å². The second-order valence-electron chi connectivity index (χ2n) is 7.12. The Bertz CT molecular complexity index is 945. The molecule has 0 radical (unpaired) electrons. The lowest BCUT2D eigenvalue weighted by atomic mass is 10.1. The Kier molecular flexibility index (Phi) is 4.96. The second-order valence-corrected chi connectivity index (χ2v) is 7.12. The van der Waals surface area contributed by atoms with Gasteiger partial charge in [0.2, 0.25) is 0 Å². The van der Waals surface area contributed by atoms with Crippen LogP contribution in [0.15, 0.2) is 18.3 Å². The normalized spacial score (nSPS) is 12.8. The zero-order chi connectivity index (χ0) is 19.0. The van der Waals surface area contributed by atoms with Crippen LogP contribution < -0.4 is 5.32 Å². The summed E-state index contributed by atoms with van der Waals surface area (Å²) in [5.74, 6) is 1.18. The average Bonchev–Trinajstić information content (AvgIpc) is 2.95. The lowest BCUT2D eigenvalue weighted by Crippen LogP contribution is -2.09. The van der Waals surface area contributed by atoms with Gasteiger partial charge in [0, 0.05) is 24.5 Å². The summed E-state index contributed by atoms with van der Waals surface area (Å²) in [6, 6.07) is 4.09. The molecule has 0 unspecified atom stereocenters. The monoisotopic (exact) mass is 353 g/mol. The van der Waals surface area contributed by atoms with Gasteiger partial charge in [-0.2, -0.15) is 0 Å². The maximum absolute atomic E-state index is 9.51. The first-order valence-corrected chi connectivity index (χ1v) is 9.03. The molecular weight excluding hydrogens is 326 g/mol. The number of rotatable bonds is 5. The number of aliphatic hydroxyl groups excluding tert-OH is 1. The van der Waals surface area contributed by atoms with E-state index in [4.69, 9.17) is 15.0 Å². The van der Waals surface area contributed by atoms with E-state index in [1.165, 1.54) is 0 Å². The first kappa shape index (κ1) is 18.3. The summed E-state index contributed by atoms with van der Waals surface area (Å²) in [5.41, 5.74) is 6.39. The van der Waals surface area contributed by atoms with Gasteiger partial charge in [-0.1, -0.05) is 13.8 Å². The third-order valence-corrected chi connectivity index (χ3v) is 4.74. The molecule has 3 aromatic rings. The molecule has 1 atom stereocenters. The van der Waals surface area contributed by atoms with Gasteiger partial charge in [-0.25, -0.2) is 15.0 Å². The van der Waals surface area contributed by atoms with Gasteiger partial charge in [0.1, 0.15) is 11.3 Å². The van der Waals surface area contributed by atoms with Gasteiger partial charge in [0.25, 0.3) is 0 Å². The van der Waals surface area contributed by atoms with E-state index in [1.54, 1.807) is 0 Å². The molecule has 0 saturated carbocycles. The summed E-state index contributed by atoms with van der Waals surface area (Å²) in [4.78, 5) is 14.5. The highest BCUT2D eigenvalue weighted by atomic mass is 16.3. The summed E-state index contributed by atoms with van der Waals surface area (Å²) in [5, 5.41) is 12.7. The standard InChI is InChI=1S/C20H27N5O/c1-11(2)16-8-7-15(19(21-6)23-16)18-14(5)22-20-17(24-18)12(3)9-25(20)13(4)10-26/h7-9,11,13,26H,10H2,1-6H3,(H,21,23)/t13-/m0/s1. The van der Waals surface area contributed by atoms with Crippen LogP contribution >= 0.6 is 0 Å². The molecule has 2 N–H and O–H groups in total. The van der Waals surface area contributed by atoms with E-state index < -0.39 is 0 Å². The minimum atomic E-state index is -0.0365. The molecule has 6 nitrogen and oxygen atoms in total. The molecule has 3 heterocycles. The van der Waals surface area contributed by atoms with Gasteiger partial charge in [-0.05, 0) is 44.4 Å². The van der Waals surface area contributed by atoms with E-state index in [9.17, 15) is 5.11 Å². The number of nitrogens with one attached hydrogen (secondary N) is 1. The Morgan fingerprint density at radius 2 is 1.85 bits per heavy atom. The van der Waals surface area contributed by atoms with E-state index in [2.05, 4.69) is 31.3 Å². The summed E-state index contributed by atoms with van der Waals surface area (Å²) < 4.78 is 1.99. The molecule has 0 bridgehead atoms. The van der Waals surface area contributed by atoms with Crippen LogP contribution in [0.25, 0.3) is 22.4 Å². The van der Waals surface area contributed by atoms with E-state index in [1.807, 2.05) is 38.6 Å². The van der Waals surface area contributed by atoms with Gasteiger partial charge in [0.05, 0.1) is 24.0 Å². The van der Waals surface area contributed by atoms with Crippen molar-refractivity contribution in [1.29, 1.82) is 0 Å². The van der Waals surface area contributed by atoms with Gasteiger partial charge < -0.3 is 15.0 Å². The zero-order valence-electron chi connectivity index (χ0n) is 16.3. The molecule has 0 spiro atoms. The highest BCUT2D eigenvalue weighted by Crippen LogP contribution is 2.31. The summed E-state index contributed by atoms with van der Waals surface area (Å²) in [6.07, 6.45) is 2.01. The predicted molar refractivity (Wildman–Crippen MR) is 106 cm³/mol. The molecular formula is C20H27N5O. The fourth-order valence-electron chi connectivity index (χ4n) is 3.14. The van der Waals surface area contributed by atoms with Crippen molar-refractivity contribution < 1.29 is 5.11 Å². The maximum atomic E-state index is 9.51. The van der Waals surface area contributed by atoms with Crippen LogP contribution in [0.5, 0.6) is 0 Å². The Labute approximate surface area is 154 Å². The van der Waals surface area contributed by atoms with Crippen molar-refractivity contribution in [2.24, 2.45) is 0 Å². The first-order valence-electron chi connectivity index (χ1n) is 9.03. The number of anilines is 1. The molecule has 0 saturated heterocycles. The van der Waals surface area contributed by atoms with Gasteiger partial charge in [-0.15, -0.1) is 0 Å². The van der Waals surface area contributed by atoms with Crippen LogP contribution in [0.3, 0.4) is 0 Å². The fraction of sp³-hybridized carbons (Fsp3) is 0.450. The molecule has 0 amide bonds. The Morgan fingerprint density at radius 3 is 2.46 bits per heavy atom. The maximum Gasteiger partial charge on any atom is 0.159 e. The zero-order valence-corrected chi connectivity index (χ0v) is 16.3. The molecule has 0 aliphatic rings. The van der Waals surface area contributed by atoms with Gasteiger partial charge >= 0.3 is 0 Å². The average molecular weight is 353 g/mol. The van der Waals surface area contributed by atoms with Crippen molar-refractivity contribution in [2.45, 2.75) is 46.6 Å². The molecule has 26 heavy (non-hydrogen) atoms. The summed E-state index contributed by atoms with van der Waals surface area (Å²) in [6.45, 7) is 10.3. The number of aromatic nitrogens is 4. The molecule has 0 aliphatic heterocycles. The highest BCUT2D eigenvalue weighted by Gasteiger charge is 2.18. The minimum Gasteiger partial charge on any atom is -0.394 e. The van der Waals surface area contributed by atoms with Crippen LogP contribution in [-0.4, -0.2) is 38.3 Å². The number of aryl methyl sites for hydroxylation is 2. The van der Waals surface area contributed by atoms with Crippen LogP contribution in [0.2, 0.25) is 0 Å². The Hall–Kier alpha value is -2.47. The van der Waals surface area contributed by atoms with Crippen molar-refractivity contribution in [3.63, 3.8) is 0 Å². The number of aliphatic hydroxyl groups is 1. The van der Waals surface area contributed by atoms with Crippen molar-refractivity contribution in [2.75, 3.05) is 19.0 Å². The lowest BCUT2D eigenvalue weighted by Gasteiger charge is -2.14. The SMILES string of the molecule is CNc1nc(C(C)C)ccc1-c1nc2c(C)cn([C@@H](C)CO)c2nc1C. The first-order chi connectivity index (χ1) is 12.4. The Morgan fingerprint density at radius 1 is 1.12 bits per heavy atom. The molecule has 3 aromatic heterocycles. The Balaban J connectivity index is 2.21. The summed E-state index contributed by atoms with van der Waals surface area (Å²) in [7, 11) is 1.88. The quantitative estimate of drug-likeness (QED) is 0.729. The van der Waals surface area contributed by atoms with Gasteiger partial charge in [0.15, 0.2) is 5.65 Å². The molecule has 0 fully saturated rings. The van der Waals surface area contributed by atoms with Crippen LogP contribution in [0.1, 0.15) is 49.7 Å². The third kappa shape index (κ3) is 3.05. The lowest BCUT2D eigenvalue weighted by molar-refractivity contribution is 0.241. The van der Waals surface area contributed by atoms with E-state index in [0.29, 0.717) is 5.92 Å². The van der Waals surface area contributed by atoms with Crippen LogP contribution in [-0.2, 0) is 0 Å². The van der Waals surface area contributed by atoms with Gasteiger partial charge in [-0.3, -0.25) is 0 Å². The second kappa shape index (κ2) is 7.03. The molecule has 6 heteroatoms. The number of fused-ring (bicyclic) bond motifs is 1. The molecule has 0 aliphatic carbocycles. The van der Waals surface area contributed by atoms with Crippen molar-refractivity contribution >= 4 is 17.0 Å².